The van der Waals surface area contributed by atoms with Crippen molar-refractivity contribution in [2.24, 2.45) is 0 Å². The lowest BCUT2D eigenvalue weighted by atomic mass is 10.2. The Hall–Kier alpha value is -1.77. The summed E-state index contributed by atoms with van der Waals surface area (Å²) in [5.74, 6) is 0.563. The SMILES string of the molecule is C=CNC(=O)c1ccc(OC)cc1. The first-order valence-electron chi connectivity index (χ1n) is 3.83. The van der Waals surface area contributed by atoms with Gasteiger partial charge < -0.3 is 10.1 Å². The molecular formula is C10H11NO2. The van der Waals surface area contributed by atoms with Gasteiger partial charge in [0.2, 0.25) is 0 Å². The van der Waals surface area contributed by atoms with Gasteiger partial charge in [-0.2, -0.15) is 0 Å². The first-order valence-corrected chi connectivity index (χ1v) is 3.83. The molecule has 0 radical (unpaired) electrons. The molecule has 1 rings (SSSR count). The molecule has 1 aromatic rings. The van der Waals surface area contributed by atoms with Crippen LogP contribution in [0.4, 0.5) is 0 Å². The molecule has 68 valence electrons. The van der Waals surface area contributed by atoms with E-state index < -0.39 is 0 Å². The maximum absolute atomic E-state index is 11.2. The summed E-state index contributed by atoms with van der Waals surface area (Å²) in [5.41, 5.74) is 0.584. The number of hydrogen-bond donors (Lipinski definition) is 1. The predicted molar refractivity (Wildman–Crippen MR) is 50.7 cm³/mol. The zero-order chi connectivity index (χ0) is 9.68. The van der Waals surface area contributed by atoms with Crippen molar-refractivity contribution in [1.82, 2.24) is 5.32 Å². The normalized spacial score (nSPS) is 9.00. The number of methoxy groups -OCH3 is 1. The number of carbonyl (C=O) groups is 1. The lowest BCUT2D eigenvalue weighted by Gasteiger charge is -2.01. The van der Waals surface area contributed by atoms with Gasteiger partial charge in [-0.3, -0.25) is 4.79 Å². The van der Waals surface area contributed by atoms with Crippen molar-refractivity contribution in [3.63, 3.8) is 0 Å². The van der Waals surface area contributed by atoms with Gasteiger partial charge in [0.1, 0.15) is 5.75 Å². The zero-order valence-corrected chi connectivity index (χ0v) is 7.41. The second-order valence-corrected chi connectivity index (χ2v) is 2.41. The Kier molecular flexibility index (Phi) is 3.09. The molecule has 1 aromatic carbocycles. The largest absolute Gasteiger partial charge is 0.497 e. The maximum atomic E-state index is 11.2. The third-order valence-corrected chi connectivity index (χ3v) is 1.59. The molecule has 0 fully saturated rings. The van der Waals surface area contributed by atoms with Gasteiger partial charge in [-0.1, -0.05) is 6.58 Å². The molecule has 1 N–H and O–H groups in total. The highest BCUT2D eigenvalue weighted by molar-refractivity contribution is 5.94. The molecule has 0 spiro atoms. The van der Waals surface area contributed by atoms with E-state index in [1.54, 1.807) is 31.4 Å². The van der Waals surface area contributed by atoms with Crippen LogP contribution in [0.1, 0.15) is 10.4 Å². The fourth-order valence-electron chi connectivity index (χ4n) is 0.918. The second kappa shape index (κ2) is 4.30. The number of hydrogen-bond acceptors (Lipinski definition) is 2. The van der Waals surface area contributed by atoms with Gasteiger partial charge in [0.25, 0.3) is 5.91 Å². The summed E-state index contributed by atoms with van der Waals surface area (Å²) in [5, 5.41) is 2.48. The Labute approximate surface area is 77.0 Å². The van der Waals surface area contributed by atoms with Gasteiger partial charge in [-0.25, -0.2) is 0 Å². The van der Waals surface area contributed by atoms with Crippen LogP contribution in [0.15, 0.2) is 37.0 Å². The van der Waals surface area contributed by atoms with Gasteiger partial charge in [0.15, 0.2) is 0 Å². The molecule has 0 bridgehead atoms. The average molecular weight is 177 g/mol. The standard InChI is InChI=1S/C10H11NO2/c1-3-11-10(12)8-4-6-9(13-2)7-5-8/h3-7H,1H2,2H3,(H,11,12). The molecule has 0 aliphatic heterocycles. The van der Waals surface area contributed by atoms with Crippen molar-refractivity contribution >= 4 is 5.91 Å². The van der Waals surface area contributed by atoms with Crippen molar-refractivity contribution in [2.75, 3.05) is 7.11 Å². The maximum Gasteiger partial charge on any atom is 0.255 e. The van der Waals surface area contributed by atoms with E-state index in [-0.39, 0.29) is 5.91 Å². The molecule has 0 unspecified atom stereocenters. The van der Waals surface area contributed by atoms with E-state index in [1.807, 2.05) is 0 Å². The molecule has 0 aromatic heterocycles. The van der Waals surface area contributed by atoms with Gasteiger partial charge in [-0.05, 0) is 30.5 Å². The lowest BCUT2D eigenvalue weighted by Crippen LogP contribution is -2.16. The van der Waals surface area contributed by atoms with Gasteiger partial charge >= 0.3 is 0 Å². The summed E-state index contributed by atoms with van der Waals surface area (Å²) in [6, 6.07) is 6.85. The topological polar surface area (TPSA) is 38.3 Å². The van der Waals surface area contributed by atoms with Crippen LogP contribution >= 0.6 is 0 Å². The summed E-state index contributed by atoms with van der Waals surface area (Å²) in [6.45, 7) is 3.40. The highest BCUT2D eigenvalue weighted by Crippen LogP contribution is 2.10. The summed E-state index contributed by atoms with van der Waals surface area (Å²) >= 11 is 0. The van der Waals surface area contributed by atoms with E-state index in [1.165, 1.54) is 6.20 Å². The molecule has 0 heterocycles. The monoisotopic (exact) mass is 177 g/mol. The molecule has 0 saturated heterocycles. The van der Waals surface area contributed by atoms with Crippen LogP contribution in [0.3, 0.4) is 0 Å². The van der Waals surface area contributed by atoms with Crippen molar-refractivity contribution in [3.05, 3.63) is 42.6 Å². The quantitative estimate of drug-likeness (QED) is 0.761. The summed E-state index contributed by atoms with van der Waals surface area (Å²) in [6.07, 6.45) is 1.35. The van der Waals surface area contributed by atoms with Gasteiger partial charge in [-0.15, -0.1) is 0 Å². The molecule has 0 atom stereocenters. The Bertz CT molecular complexity index is 303. The van der Waals surface area contributed by atoms with E-state index >= 15 is 0 Å². The summed E-state index contributed by atoms with van der Waals surface area (Å²) in [4.78, 5) is 11.2. The number of carbonyl (C=O) groups excluding carboxylic acids is 1. The van der Waals surface area contributed by atoms with Crippen LogP contribution in [0.2, 0.25) is 0 Å². The third kappa shape index (κ3) is 2.33. The highest BCUT2D eigenvalue weighted by Gasteiger charge is 2.01. The zero-order valence-electron chi connectivity index (χ0n) is 7.41. The Morgan fingerprint density at radius 3 is 2.54 bits per heavy atom. The van der Waals surface area contributed by atoms with Crippen molar-refractivity contribution < 1.29 is 9.53 Å². The second-order valence-electron chi connectivity index (χ2n) is 2.41. The van der Waals surface area contributed by atoms with Gasteiger partial charge in [0.05, 0.1) is 7.11 Å². The Balaban J connectivity index is 2.79. The van der Waals surface area contributed by atoms with Crippen LogP contribution in [-0.4, -0.2) is 13.0 Å². The Morgan fingerprint density at radius 1 is 1.46 bits per heavy atom. The molecule has 0 saturated carbocycles. The van der Waals surface area contributed by atoms with Crippen molar-refractivity contribution in [3.8, 4) is 5.75 Å². The number of ether oxygens (including phenoxy) is 1. The van der Waals surface area contributed by atoms with E-state index in [9.17, 15) is 4.79 Å². The summed E-state index contributed by atoms with van der Waals surface area (Å²) in [7, 11) is 1.58. The van der Waals surface area contributed by atoms with Crippen LogP contribution in [0, 0.1) is 0 Å². The average Bonchev–Trinajstić information content (AvgIpc) is 2.18. The number of rotatable bonds is 3. The number of nitrogens with one attached hydrogen (secondary N) is 1. The van der Waals surface area contributed by atoms with Crippen LogP contribution in [0.25, 0.3) is 0 Å². The smallest absolute Gasteiger partial charge is 0.255 e. The fourth-order valence-corrected chi connectivity index (χ4v) is 0.918. The predicted octanol–water partition coefficient (Wildman–Crippen LogP) is 1.57. The van der Waals surface area contributed by atoms with E-state index in [2.05, 4.69) is 11.9 Å². The molecule has 0 aliphatic carbocycles. The van der Waals surface area contributed by atoms with Crippen LogP contribution < -0.4 is 10.1 Å². The van der Waals surface area contributed by atoms with Crippen LogP contribution in [-0.2, 0) is 0 Å². The first-order chi connectivity index (χ1) is 6.27. The minimum Gasteiger partial charge on any atom is -0.497 e. The number of amides is 1. The van der Waals surface area contributed by atoms with Crippen LogP contribution in [0.5, 0.6) is 5.75 Å². The molecule has 3 nitrogen and oxygen atoms in total. The van der Waals surface area contributed by atoms with E-state index in [4.69, 9.17) is 4.74 Å². The molecule has 13 heavy (non-hydrogen) atoms. The third-order valence-electron chi connectivity index (χ3n) is 1.59. The van der Waals surface area contributed by atoms with Crippen molar-refractivity contribution in [2.45, 2.75) is 0 Å². The lowest BCUT2D eigenvalue weighted by molar-refractivity contribution is 0.0970. The number of benzene rings is 1. The molecule has 0 aliphatic rings. The van der Waals surface area contributed by atoms with Crippen molar-refractivity contribution in [1.29, 1.82) is 0 Å². The van der Waals surface area contributed by atoms with Gasteiger partial charge in [0, 0.05) is 5.56 Å². The minimum atomic E-state index is -0.169. The molecule has 3 heteroatoms. The Morgan fingerprint density at radius 2 is 2.08 bits per heavy atom. The minimum absolute atomic E-state index is 0.169. The van der Waals surface area contributed by atoms with E-state index in [0.717, 1.165) is 5.75 Å². The first kappa shape index (κ1) is 9.32. The molecule has 1 amide bonds. The summed E-state index contributed by atoms with van der Waals surface area (Å²) < 4.78 is 4.96. The fraction of sp³-hybridized carbons (Fsp3) is 0.100. The highest BCUT2D eigenvalue weighted by atomic mass is 16.5. The molecular weight excluding hydrogens is 166 g/mol. The van der Waals surface area contributed by atoms with E-state index in [0.29, 0.717) is 5.56 Å².